The van der Waals surface area contributed by atoms with Crippen LogP contribution in [0, 0.1) is 6.92 Å². The molecule has 1 N–H and O–H groups in total. The number of aromatic amines is 1. The van der Waals surface area contributed by atoms with Gasteiger partial charge in [-0.15, -0.1) is 0 Å². The van der Waals surface area contributed by atoms with Crippen molar-refractivity contribution < 1.29 is 14.3 Å². The van der Waals surface area contributed by atoms with Gasteiger partial charge in [0.05, 0.1) is 23.9 Å². The summed E-state index contributed by atoms with van der Waals surface area (Å²) in [6, 6.07) is 5.33. The first-order valence-corrected chi connectivity index (χ1v) is 8.01. The molecule has 0 bridgehead atoms. The number of ether oxygens (including phenoxy) is 2. The Morgan fingerprint density at radius 1 is 1.46 bits per heavy atom. The van der Waals surface area contributed by atoms with E-state index in [2.05, 4.69) is 15.4 Å². The average Bonchev–Trinajstić information content (AvgIpc) is 3.24. The number of carbonyl (C=O) groups excluding carboxylic acids is 1. The molecule has 2 atom stereocenters. The molecule has 1 fully saturated rings. The molecule has 1 saturated heterocycles. The van der Waals surface area contributed by atoms with Gasteiger partial charge in [0.15, 0.2) is 6.61 Å². The Bertz CT molecular complexity index is 707. The summed E-state index contributed by atoms with van der Waals surface area (Å²) in [6.07, 6.45) is 1.56. The Kier molecular flexibility index (Phi) is 5.01. The van der Waals surface area contributed by atoms with Gasteiger partial charge in [0.1, 0.15) is 5.75 Å². The molecule has 2 aromatic rings. The highest BCUT2D eigenvalue weighted by Crippen LogP contribution is 2.28. The number of benzene rings is 1. The molecule has 0 unspecified atom stereocenters. The Balaban J connectivity index is 1.60. The van der Waals surface area contributed by atoms with E-state index in [0.717, 1.165) is 11.3 Å². The van der Waals surface area contributed by atoms with Crippen LogP contribution in [0.3, 0.4) is 0 Å². The van der Waals surface area contributed by atoms with Gasteiger partial charge >= 0.3 is 0 Å². The van der Waals surface area contributed by atoms with Gasteiger partial charge in [0.25, 0.3) is 5.91 Å². The van der Waals surface area contributed by atoms with Gasteiger partial charge in [-0.25, -0.2) is 0 Å². The first-order chi connectivity index (χ1) is 11.6. The number of aryl methyl sites for hydroxylation is 1. The fourth-order valence-corrected chi connectivity index (χ4v) is 2.95. The highest BCUT2D eigenvalue weighted by atomic mass is 35.5. The SMILES string of the molecule is CO[C@@H]1CN(C(=O)COc2ccc(Cl)c(C)c2)C[C@H]1c1cn[nH]n1. The lowest BCUT2D eigenvalue weighted by molar-refractivity contribution is -0.132. The van der Waals surface area contributed by atoms with Gasteiger partial charge in [-0.2, -0.15) is 15.4 Å². The van der Waals surface area contributed by atoms with Crippen molar-refractivity contribution >= 4 is 17.5 Å². The number of aromatic nitrogens is 3. The van der Waals surface area contributed by atoms with E-state index in [-0.39, 0.29) is 24.5 Å². The van der Waals surface area contributed by atoms with Crippen LogP contribution in [0.4, 0.5) is 0 Å². The summed E-state index contributed by atoms with van der Waals surface area (Å²) < 4.78 is 11.1. The van der Waals surface area contributed by atoms with E-state index in [1.54, 1.807) is 30.3 Å². The smallest absolute Gasteiger partial charge is 0.260 e. The summed E-state index contributed by atoms with van der Waals surface area (Å²) in [4.78, 5) is 14.2. The summed E-state index contributed by atoms with van der Waals surface area (Å²) in [5.41, 5.74) is 1.71. The molecule has 2 heterocycles. The van der Waals surface area contributed by atoms with E-state index in [9.17, 15) is 4.79 Å². The molecule has 0 saturated carbocycles. The van der Waals surface area contributed by atoms with E-state index >= 15 is 0 Å². The lowest BCUT2D eigenvalue weighted by atomic mass is 10.0. The Labute approximate surface area is 144 Å². The molecule has 1 aromatic carbocycles. The molecule has 1 aliphatic heterocycles. The normalized spacial score (nSPS) is 20.4. The van der Waals surface area contributed by atoms with Gasteiger partial charge < -0.3 is 14.4 Å². The van der Waals surface area contributed by atoms with Crippen molar-refractivity contribution in [1.29, 1.82) is 0 Å². The van der Waals surface area contributed by atoms with Crippen LogP contribution < -0.4 is 4.74 Å². The monoisotopic (exact) mass is 350 g/mol. The van der Waals surface area contributed by atoms with E-state index in [4.69, 9.17) is 21.1 Å². The van der Waals surface area contributed by atoms with E-state index in [1.807, 2.05) is 13.0 Å². The molecule has 1 aromatic heterocycles. The van der Waals surface area contributed by atoms with Crippen LogP contribution in [0.2, 0.25) is 5.02 Å². The fraction of sp³-hybridized carbons (Fsp3) is 0.438. The molecule has 7 nitrogen and oxygen atoms in total. The number of amides is 1. The van der Waals surface area contributed by atoms with Gasteiger partial charge in [-0.3, -0.25) is 4.79 Å². The van der Waals surface area contributed by atoms with Crippen molar-refractivity contribution in [3.8, 4) is 5.75 Å². The van der Waals surface area contributed by atoms with Crippen LogP contribution >= 0.6 is 11.6 Å². The van der Waals surface area contributed by atoms with E-state index < -0.39 is 0 Å². The van der Waals surface area contributed by atoms with Crippen molar-refractivity contribution in [1.82, 2.24) is 20.3 Å². The van der Waals surface area contributed by atoms with Gasteiger partial charge in [0.2, 0.25) is 0 Å². The first kappa shape index (κ1) is 16.7. The maximum Gasteiger partial charge on any atom is 0.260 e. The first-order valence-electron chi connectivity index (χ1n) is 7.63. The fourth-order valence-electron chi connectivity index (χ4n) is 2.83. The van der Waals surface area contributed by atoms with Crippen molar-refractivity contribution in [2.24, 2.45) is 0 Å². The van der Waals surface area contributed by atoms with Gasteiger partial charge in [-0.05, 0) is 30.7 Å². The van der Waals surface area contributed by atoms with Crippen molar-refractivity contribution in [3.63, 3.8) is 0 Å². The third kappa shape index (κ3) is 3.52. The summed E-state index contributed by atoms with van der Waals surface area (Å²) >= 11 is 5.99. The highest BCUT2D eigenvalue weighted by molar-refractivity contribution is 6.31. The van der Waals surface area contributed by atoms with E-state index in [1.165, 1.54) is 0 Å². The molecule has 0 aliphatic carbocycles. The van der Waals surface area contributed by atoms with Crippen molar-refractivity contribution in [2.45, 2.75) is 18.9 Å². The third-order valence-electron chi connectivity index (χ3n) is 4.23. The Morgan fingerprint density at radius 2 is 2.29 bits per heavy atom. The minimum Gasteiger partial charge on any atom is -0.484 e. The molecule has 3 rings (SSSR count). The zero-order valence-electron chi connectivity index (χ0n) is 13.5. The zero-order chi connectivity index (χ0) is 17.1. The largest absolute Gasteiger partial charge is 0.484 e. The van der Waals surface area contributed by atoms with Crippen LogP contribution in [0.25, 0.3) is 0 Å². The molecule has 24 heavy (non-hydrogen) atoms. The molecule has 1 aliphatic rings. The van der Waals surface area contributed by atoms with E-state index in [0.29, 0.717) is 23.9 Å². The molecule has 8 heteroatoms. The molecular formula is C16H19ClN4O3. The number of carbonyl (C=O) groups is 1. The van der Waals surface area contributed by atoms with Gasteiger partial charge in [-0.1, -0.05) is 11.6 Å². The van der Waals surface area contributed by atoms with Gasteiger partial charge in [0, 0.05) is 25.2 Å². The molecule has 0 radical (unpaired) electrons. The average molecular weight is 351 g/mol. The molecule has 1 amide bonds. The second-order valence-electron chi connectivity index (χ2n) is 5.77. The number of hydrogen-bond acceptors (Lipinski definition) is 5. The maximum absolute atomic E-state index is 12.4. The van der Waals surface area contributed by atoms with Crippen molar-refractivity contribution in [2.75, 3.05) is 26.8 Å². The predicted molar refractivity (Wildman–Crippen MR) is 88.2 cm³/mol. The number of methoxy groups -OCH3 is 1. The lowest BCUT2D eigenvalue weighted by Gasteiger charge is -2.16. The summed E-state index contributed by atoms with van der Waals surface area (Å²) in [6.45, 7) is 2.91. The second-order valence-corrected chi connectivity index (χ2v) is 6.18. The van der Waals surface area contributed by atoms with Crippen LogP contribution in [-0.4, -0.2) is 59.1 Å². The van der Waals surface area contributed by atoms with Crippen LogP contribution in [-0.2, 0) is 9.53 Å². The highest BCUT2D eigenvalue weighted by Gasteiger charge is 2.37. The van der Waals surface area contributed by atoms with Crippen LogP contribution in [0.15, 0.2) is 24.4 Å². The van der Waals surface area contributed by atoms with Crippen LogP contribution in [0.1, 0.15) is 17.2 Å². The Hall–Kier alpha value is -2.12. The minimum absolute atomic E-state index is 0.00970. The third-order valence-corrected chi connectivity index (χ3v) is 4.65. The quantitative estimate of drug-likeness (QED) is 0.889. The Morgan fingerprint density at radius 3 is 2.96 bits per heavy atom. The van der Waals surface area contributed by atoms with Crippen LogP contribution in [0.5, 0.6) is 5.75 Å². The number of nitrogens with one attached hydrogen (secondary N) is 1. The zero-order valence-corrected chi connectivity index (χ0v) is 14.3. The number of rotatable bonds is 5. The molecule has 128 valence electrons. The maximum atomic E-state index is 12.4. The number of halogens is 1. The summed E-state index contributed by atoms with van der Waals surface area (Å²) in [7, 11) is 1.64. The standard InChI is InChI=1S/C16H19ClN4O3/c1-10-5-11(3-4-13(10)17)24-9-16(22)21-7-12(15(8-21)23-2)14-6-18-20-19-14/h3-6,12,15H,7-9H2,1-2H3,(H,18,19,20)/t12-,15+/m0/s1. The summed E-state index contributed by atoms with van der Waals surface area (Å²) in [5.74, 6) is 0.548. The topological polar surface area (TPSA) is 80.3 Å². The number of likely N-dealkylation sites (tertiary alicyclic amines) is 1. The second kappa shape index (κ2) is 7.19. The number of hydrogen-bond donors (Lipinski definition) is 1. The molecule has 0 spiro atoms. The molecular weight excluding hydrogens is 332 g/mol. The predicted octanol–water partition coefficient (Wildman–Crippen LogP) is 1.79. The lowest BCUT2D eigenvalue weighted by Crippen LogP contribution is -2.33. The summed E-state index contributed by atoms with van der Waals surface area (Å²) in [5, 5.41) is 11.2. The number of nitrogens with zero attached hydrogens (tertiary/aromatic N) is 3. The van der Waals surface area contributed by atoms with Crippen molar-refractivity contribution in [3.05, 3.63) is 40.7 Å². The minimum atomic E-state index is -0.100. The number of H-pyrrole nitrogens is 1.